The smallest absolute Gasteiger partial charge is 0.0322 e. The molecule has 0 aliphatic carbocycles. The van der Waals surface area contributed by atoms with Crippen LogP contribution in [0, 0.1) is 6.42 Å². The maximum Gasteiger partial charge on any atom is -0.0322 e. The van der Waals surface area contributed by atoms with Crippen molar-refractivity contribution in [3.63, 3.8) is 0 Å². The minimum Gasteiger partial charge on any atom is -0.0885 e. The molecule has 8 heavy (non-hydrogen) atoms. The van der Waals surface area contributed by atoms with Gasteiger partial charge in [0.1, 0.15) is 0 Å². The fourth-order valence-electron chi connectivity index (χ4n) is 0.517. The molecular formula is C8H15. The van der Waals surface area contributed by atoms with Crippen LogP contribution in [0.3, 0.4) is 0 Å². The zero-order chi connectivity index (χ0) is 6.24. The third kappa shape index (κ3) is 5.74. The molecule has 0 aromatic rings. The predicted octanol–water partition coefficient (Wildman–Crippen LogP) is 2.96. The second kappa shape index (κ2) is 6.74. The van der Waals surface area contributed by atoms with Crippen molar-refractivity contribution >= 4 is 0 Å². The van der Waals surface area contributed by atoms with Gasteiger partial charge in [0.2, 0.25) is 0 Å². The summed E-state index contributed by atoms with van der Waals surface area (Å²) < 4.78 is 0. The number of hydrogen-bond donors (Lipinski definition) is 0. The molecule has 0 aliphatic rings. The number of allylic oxidation sites excluding steroid dienone is 2. The van der Waals surface area contributed by atoms with Crippen LogP contribution in [0.4, 0.5) is 0 Å². The standard InChI is InChI=1S/C8H15/c1-3-5-7-8-6-4-2/h3,7-8H,4-6H2,1-2H3/b8-7+. The SMILES string of the molecule is C[CH]C/C=C/CCC. The van der Waals surface area contributed by atoms with Crippen LogP contribution in [-0.2, 0) is 0 Å². The summed E-state index contributed by atoms with van der Waals surface area (Å²) in [5, 5.41) is 0. The van der Waals surface area contributed by atoms with E-state index in [1.807, 2.05) is 0 Å². The van der Waals surface area contributed by atoms with E-state index in [2.05, 4.69) is 32.4 Å². The molecule has 0 aromatic carbocycles. The molecule has 0 spiro atoms. The van der Waals surface area contributed by atoms with Crippen LogP contribution < -0.4 is 0 Å². The van der Waals surface area contributed by atoms with Gasteiger partial charge in [0.15, 0.2) is 0 Å². The van der Waals surface area contributed by atoms with Gasteiger partial charge >= 0.3 is 0 Å². The normalized spacial score (nSPS) is 10.8. The van der Waals surface area contributed by atoms with Gasteiger partial charge in [0, 0.05) is 0 Å². The number of unbranched alkanes of at least 4 members (excludes halogenated alkanes) is 2. The van der Waals surface area contributed by atoms with Crippen LogP contribution in [0.1, 0.15) is 33.1 Å². The summed E-state index contributed by atoms with van der Waals surface area (Å²) in [6.07, 6.45) is 10.2. The zero-order valence-electron chi connectivity index (χ0n) is 5.85. The summed E-state index contributed by atoms with van der Waals surface area (Å²) >= 11 is 0. The van der Waals surface area contributed by atoms with E-state index in [9.17, 15) is 0 Å². The van der Waals surface area contributed by atoms with Crippen molar-refractivity contribution in [2.24, 2.45) is 0 Å². The Hall–Kier alpha value is -0.260. The minimum atomic E-state index is 1.12. The van der Waals surface area contributed by atoms with Gasteiger partial charge in [-0.25, -0.2) is 0 Å². The molecule has 0 amide bonds. The Morgan fingerprint density at radius 3 is 2.50 bits per heavy atom. The van der Waals surface area contributed by atoms with E-state index < -0.39 is 0 Å². The molecule has 0 aliphatic heterocycles. The van der Waals surface area contributed by atoms with Crippen molar-refractivity contribution in [3.8, 4) is 0 Å². The Kier molecular flexibility index (Phi) is 6.52. The molecule has 0 rings (SSSR count). The molecule has 0 nitrogen and oxygen atoms in total. The van der Waals surface area contributed by atoms with E-state index in [1.54, 1.807) is 0 Å². The van der Waals surface area contributed by atoms with E-state index >= 15 is 0 Å². The lowest BCUT2D eigenvalue weighted by Crippen LogP contribution is -1.63. The third-order valence-electron chi connectivity index (χ3n) is 0.994. The lowest BCUT2D eigenvalue weighted by Gasteiger charge is -1.83. The van der Waals surface area contributed by atoms with Gasteiger partial charge in [0.25, 0.3) is 0 Å². The highest BCUT2D eigenvalue weighted by Crippen LogP contribution is 1.92. The topological polar surface area (TPSA) is 0 Å². The van der Waals surface area contributed by atoms with Crippen LogP contribution in [0.5, 0.6) is 0 Å². The lowest BCUT2D eigenvalue weighted by molar-refractivity contribution is 0.952. The summed E-state index contributed by atoms with van der Waals surface area (Å²) in [5.41, 5.74) is 0. The van der Waals surface area contributed by atoms with Crippen molar-refractivity contribution in [2.45, 2.75) is 33.1 Å². The predicted molar refractivity (Wildman–Crippen MR) is 38.6 cm³/mol. The maximum absolute atomic E-state index is 2.24. The average Bonchev–Trinajstić information content (AvgIpc) is 1.81. The molecular weight excluding hydrogens is 96.1 g/mol. The highest BCUT2D eigenvalue weighted by atomic mass is 13.8. The average molecular weight is 111 g/mol. The van der Waals surface area contributed by atoms with E-state index in [0.717, 1.165) is 6.42 Å². The molecule has 0 aromatic heterocycles. The van der Waals surface area contributed by atoms with Gasteiger partial charge in [-0.05, 0) is 19.3 Å². The second-order valence-electron chi connectivity index (χ2n) is 1.90. The first-order valence-corrected chi connectivity index (χ1v) is 3.34. The molecule has 0 saturated heterocycles. The van der Waals surface area contributed by atoms with Crippen LogP contribution >= 0.6 is 0 Å². The Balaban J connectivity index is 2.83. The van der Waals surface area contributed by atoms with Gasteiger partial charge in [-0.1, -0.05) is 32.4 Å². The summed E-state index contributed by atoms with van der Waals surface area (Å²) in [7, 11) is 0. The molecule has 0 heterocycles. The van der Waals surface area contributed by atoms with Gasteiger partial charge in [-0.2, -0.15) is 0 Å². The zero-order valence-corrected chi connectivity index (χ0v) is 5.85. The van der Waals surface area contributed by atoms with Crippen molar-refractivity contribution < 1.29 is 0 Å². The third-order valence-corrected chi connectivity index (χ3v) is 0.994. The Bertz CT molecular complexity index is 45.1. The molecule has 0 unspecified atom stereocenters. The van der Waals surface area contributed by atoms with Crippen molar-refractivity contribution in [3.05, 3.63) is 18.6 Å². The second-order valence-corrected chi connectivity index (χ2v) is 1.90. The Morgan fingerprint density at radius 2 is 2.00 bits per heavy atom. The van der Waals surface area contributed by atoms with Gasteiger partial charge in [-0.3, -0.25) is 0 Å². The quantitative estimate of drug-likeness (QED) is 0.489. The fraction of sp³-hybridized carbons (Fsp3) is 0.625. The highest BCUT2D eigenvalue weighted by Gasteiger charge is 1.72. The largest absolute Gasteiger partial charge is 0.0885 e. The summed E-state index contributed by atoms with van der Waals surface area (Å²) in [6.45, 7) is 4.27. The fourth-order valence-corrected chi connectivity index (χ4v) is 0.517. The van der Waals surface area contributed by atoms with Gasteiger partial charge in [0.05, 0.1) is 0 Å². The van der Waals surface area contributed by atoms with Crippen LogP contribution in [0.25, 0.3) is 0 Å². The molecule has 0 atom stereocenters. The van der Waals surface area contributed by atoms with Gasteiger partial charge < -0.3 is 0 Å². The molecule has 0 fully saturated rings. The first-order chi connectivity index (χ1) is 3.91. The van der Waals surface area contributed by atoms with E-state index in [4.69, 9.17) is 0 Å². The highest BCUT2D eigenvalue weighted by molar-refractivity contribution is 4.84. The number of hydrogen-bond acceptors (Lipinski definition) is 0. The van der Waals surface area contributed by atoms with Crippen molar-refractivity contribution in [2.75, 3.05) is 0 Å². The Morgan fingerprint density at radius 1 is 1.25 bits per heavy atom. The molecule has 0 N–H and O–H groups in total. The van der Waals surface area contributed by atoms with E-state index in [-0.39, 0.29) is 0 Å². The van der Waals surface area contributed by atoms with Crippen LogP contribution in [0.2, 0.25) is 0 Å². The first kappa shape index (κ1) is 7.74. The molecule has 0 heteroatoms. The molecule has 47 valence electrons. The summed E-state index contributed by atoms with van der Waals surface area (Å²) in [6, 6.07) is 0. The molecule has 0 bridgehead atoms. The minimum absolute atomic E-state index is 1.12. The van der Waals surface area contributed by atoms with Crippen LogP contribution in [-0.4, -0.2) is 0 Å². The lowest BCUT2D eigenvalue weighted by atomic mass is 10.2. The molecule has 0 saturated carbocycles. The summed E-state index contributed by atoms with van der Waals surface area (Å²) in [4.78, 5) is 0. The van der Waals surface area contributed by atoms with E-state index in [1.165, 1.54) is 12.8 Å². The maximum atomic E-state index is 2.24. The van der Waals surface area contributed by atoms with Crippen LogP contribution in [0.15, 0.2) is 12.2 Å². The first-order valence-electron chi connectivity index (χ1n) is 3.34. The molecule has 1 radical (unpaired) electrons. The monoisotopic (exact) mass is 111 g/mol. The number of rotatable bonds is 4. The Labute approximate surface area is 52.6 Å². The van der Waals surface area contributed by atoms with Crippen molar-refractivity contribution in [1.82, 2.24) is 0 Å². The van der Waals surface area contributed by atoms with Crippen molar-refractivity contribution in [1.29, 1.82) is 0 Å². The van der Waals surface area contributed by atoms with E-state index in [0.29, 0.717) is 0 Å². The van der Waals surface area contributed by atoms with Gasteiger partial charge in [-0.15, -0.1) is 0 Å². The summed E-state index contributed by atoms with van der Waals surface area (Å²) in [5.74, 6) is 0.